The van der Waals surface area contributed by atoms with Crippen LogP contribution in [0.5, 0.6) is 0 Å². The van der Waals surface area contributed by atoms with E-state index in [1.54, 1.807) is 13.8 Å². The molecule has 0 spiro atoms. The van der Waals surface area contributed by atoms with Gasteiger partial charge >= 0.3 is 5.97 Å². The van der Waals surface area contributed by atoms with E-state index in [-0.39, 0.29) is 11.9 Å². The normalized spacial score (nSPS) is 13.2. The van der Waals surface area contributed by atoms with E-state index in [2.05, 4.69) is 6.58 Å². The summed E-state index contributed by atoms with van der Waals surface area (Å²) >= 11 is 0.293. The lowest BCUT2D eigenvalue weighted by Gasteiger charge is -2.22. The van der Waals surface area contributed by atoms with Crippen molar-refractivity contribution in [2.75, 3.05) is 6.61 Å². The highest BCUT2D eigenvalue weighted by molar-refractivity contribution is 7.95. The van der Waals surface area contributed by atoms with Crippen LogP contribution >= 0.6 is 12.1 Å². The maximum Gasteiger partial charge on any atom is 0.308 e. The average Bonchev–Trinajstić information content (AvgIpc) is 2.32. The van der Waals surface area contributed by atoms with Crippen LogP contribution in [0.25, 0.3) is 0 Å². The van der Waals surface area contributed by atoms with Crippen molar-refractivity contribution < 1.29 is 13.4 Å². The third kappa shape index (κ3) is 6.10. The zero-order valence-corrected chi connectivity index (χ0v) is 12.0. The quantitative estimate of drug-likeness (QED) is 0.481. The lowest BCUT2D eigenvalue weighted by Crippen LogP contribution is -2.19. The molecule has 4 heteroatoms. The molecule has 1 atom stereocenters. The number of halogens is 1. The molecule has 0 saturated carbocycles. The Labute approximate surface area is 108 Å². The molecule has 0 N–H and O–H groups in total. The van der Waals surface area contributed by atoms with Gasteiger partial charge < -0.3 is 4.74 Å². The topological polar surface area (TPSA) is 26.3 Å². The van der Waals surface area contributed by atoms with Crippen LogP contribution in [0.2, 0.25) is 0 Å². The summed E-state index contributed by atoms with van der Waals surface area (Å²) in [5.41, 5.74) is 0.820. The number of esters is 1. The molecule has 0 aliphatic rings. The molecule has 0 aliphatic carbocycles. The smallest absolute Gasteiger partial charge is 0.308 e. The molecule has 0 aromatic heterocycles. The fraction of sp³-hybridized carbons (Fsp3) is 0.769. The van der Waals surface area contributed by atoms with Gasteiger partial charge in [-0.3, -0.25) is 4.79 Å². The molecule has 1 unspecified atom stereocenters. The first-order chi connectivity index (χ1) is 7.85. The Hall–Kier alpha value is -0.510. The van der Waals surface area contributed by atoms with Crippen LogP contribution < -0.4 is 0 Å². The van der Waals surface area contributed by atoms with Gasteiger partial charge in [-0.05, 0) is 33.1 Å². The van der Waals surface area contributed by atoms with Crippen molar-refractivity contribution in [2.24, 2.45) is 5.92 Å². The Kier molecular flexibility index (Phi) is 7.51. The number of hydrogen-bond acceptors (Lipinski definition) is 3. The Morgan fingerprint density at radius 1 is 1.53 bits per heavy atom. The van der Waals surface area contributed by atoms with Gasteiger partial charge in [-0.15, -0.1) is 0 Å². The van der Waals surface area contributed by atoms with Gasteiger partial charge in [-0.25, -0.2) is 0 Å². The molecule has 0 fully saturated rings. The van der Waals surface area contributed by atoms with Crippen LogP contribution in [-0.4, -0.2) is 17.3 Å². The lowest BCUT2D eigenvalue weighted by molar-refractivity contribution is -0.148. The molecule has 17 heavy (non-hydrogen) atoms. The van der Waals surface area contributed by atoms with Crippen molar-refractivity contribution in [3.8, 4) is 0 Å². The van der Waals surface area contributed by atoms with E-state index in [9.17, 15) is 8.68 Å². The molecule has 100 valence electrons. The number of hydrogen-bond donors (Lipinski definition) is 0. The highest BCUT2D eigenvalue weighted by atomic mass is 32.2. The maximum absolute atomic E-state index is 12.6. The van der Waals surface area contributed by atoms with Crippen LogP contribution in [0, 0.1) is 5.92 Å². The molecular formula is C13H23FO2S. The third-order valence-corrected chi connectivity index (χ3v) is 3.45. The second kappa shape index (κ2) is 7.75. The molecule has 0 saturated heterocycles. The summed E-state index contributed by atoms with van der Waals surface area (Å²) in [7, 11) is 0. The Balaban J connectivity index is 4.03. The largest absolute Gasteiger partial charge is 0.465 e. The van der Waals surface area contributed by atoms with E-state index in [0.29, 0.717) is 31.6 Å². The van der Waals surface area contributed by atoms with Crippen LogP contribution in [0.4, 0.5) is 3.89 Å². The van der Waals surface area contributed by atoms with E-state index in [0.717, 1.165) is 12.0 Å². The first kappa shape index (κ1) is 16.5. The van der Waals surface area contributed by atoms with Gasteiger partial charge in [0.25, 0.3) is 0 Å². The molecule has 0 bridgehead atoms. The molecule has 0 rings (SSSR count). The summed E-state index contributed by atoms with van der Waals surface area (Å²) in [5.74, 6) is -0.330. The van der Waals surface area contributed by atoms with Crippen molar-refractivity contribution in [3.05, 3.63) is 12.2 Å². The van der Waals surface area contributed by atoms with Crippen LogP contribution in [0.1, 0.15) is 47.0 Å². The molecular weight excluding hydrogens is 239 g/mol. The van der Waals surface area contributed by atoms with Gasteiger partial charge in [0.05, 0.1) is 29.4 Å². The predicted molar refractivity (Wildman–Crippen MR) is 71.6 cm³/mol. The van der Waals surface area contributed by atoms with E-state index in [4.69, 9.17) is 4.74 Å². The van der Waals surface area contributed by atoms with Gasteiger partial charge in [0.1, 0.15) is 0 Å². The molecule has 2 nitrogen and oxygen atoms in total. The van der Waals surface area contributed by atoms with Gasteiger partial charge in [-0.2, -0.15) is 3.89 Å². The van der Waals surface area contributed by atoms with E-state index in [1.807, 2.05) is 13.8 Å². The van der Waals surface area contributed by atoms with Crippen molar-refractivity contribution in [2.45, 2.75) is 51.7 Å². The Bertz CT molecular complexity index is 264. The molecule has 0 aromatic carbocycles. The predicted octanol–water partition coefficient (Wildman–Crippen LogP) is 4.31. The average molecular weight is 262 g/mol. The van der Waals surface area contributed by atoms with Crippen molar-refractivity contribution in [1.82, 2.24) is 0 Å². The van der Waals surface area contributed by atoms with Gasteiger partial charge in [0.15, 0.2) is 0 Å². The van der Waals surface area contributed by atoms with Crippen molar-refractivity contribution in [3.63, 3.8) is 0 Å². The molecule has 0 heterocycles. The highest BCUT2D eigenvalue weighted by Gasteiger charge is 2.24. The zero-order valence-electron chi connectivity index (χ0n) is 11.2. The minimum absolute atomic E-state index is 0.154. The molecule has 0 amide bonds. The minimum atomic E-state index is -0.576. The summed E-state index contributed by atoms with van der Waals surface area (Å²) < 4.78 is 17.1. The third-order valence-electron chi connectivity index (χ3n) is 2.77. The first-order valence-electron chi connectivity index (χ1n) is 5.99. The van der Waals surface area contributed by atoms with Crippen molar-refractivity contribution in [1.29, 1.82) is 0 Å². The second-order valence-electron chi connectivity index (χ2n) is 4.80. The fourth-order valence-corrected chi connectivity index (χ4v) is 1.42. The van der Waals surface area contributed by atoms with E-state index < -0.39 is 4.75 Å². The second-order valence-corrected chi connectivity index (χ2v) is 5.97. The molecule has 0 aromatic rings. The molecule has 0 aliphatic heterocycles. The lowest BCUT2D eigenvalue weighted by atomic mass is 9.95. The zero-order chi connectivity index (χ0) is 13.5. The van der Waals surface area contributed by atoms with E-state index in [1.165, 1.54) is 0 Å². The summed E-state index contributed by atoms with van der Waals surface area (Å²) in [6, 6.07) is 0. The number of carbonyl (C=O) groups excluding carboxylic acids is 1. The fourth-order valence-electron chi connectivity index (χ4n) is 1.21. The van der Waals surface area contributed by atoms with Crippen molar-refractivity contribution >= 4 is 18.1 Å². The highest BCUT2D eigenvalue weighted by Crippen LogP contribution is 2.34. The monoisotopic (exact) mass is 262 g/mol. The number of carbonyl (C=O) groups is 1. The molecule has 0 radical (unpaired) electrons. The number of ether oxygens (including phenoxy) is 1. The number of rotatable bonds is 8. The van der Waals surface area contributed by atoms with E-state index >= 15 is 0 Å². The van der Waals surface area contributed by atoms with Crippen LogP contribution in [0.15, 0.2) is 12.2 Å². The summed E-state index contributed by atoms with van der Waals surface area (Å²) in [6.07, 6.45) is 2.13. The minimum Gasteiger partial charge on any atom is -0.465 e. The summed E-state index contributed by atoms with van der Waals surface area (Å²) in [6.45, 7) is 11.7. The first-order valence-corrected chi connectivity index (χ1v) is 6.71. The standard InChI is InChI=1S/C13H23FO2S/c1-6-9-16-12(15)10(2)7-8-11(3)13(4,5)17-14/h10H,3,6-9H2,1-2,4-5H3. The van der Waals surface area contributed by atoms with Gasteiger partial charge in [0, 0.05) is 0 Å². The maximum atomic E-state index is 12.6. The summed E-state index contributed by atoms with van der Waals surface area (Å²) in [4.78, 5) is 11.5. The Morgan fingerprint density at radius 2 is 2.12 bits per heavy atom. The Morgan fingerprint density at radius 3 is 2.59 bits per heavy atom. The summed E-state index contributed by atoms with van der Waals surface area (Å²) in [5, 5.41) is 0. The van der Waals surface area contributed by atoms with Crippen LogP contribution in [-0.2, 0) is 9.53 Å². The van der Waals surface area contributed by atoms with Gasteiger partial charge in [0.2, 0.25) is 0 Å². The van der Waals surface area contributed by atoms with Crippen LogP contribution in [0.3, 0.4) is 0 Å². The SMILES string of the molecule is C=C(CCC(C)C(=O)OCCC)C(C)(C)SF. The van der Waals surface area contributed by atoms with Gasteiger partial charge in [-0.1, -0.05) is 26.0 Å².